The minimum Gasteiger partial charge on any atom is -0.399 e. The molecule has 0 saturated heterocycles. The number of alkyl halides is 1. The van der Waals surface area contributed by atoms with Gasteiger partial charge >= 0.3 is 0 Å². The minimum atomic E-state index is -0.601. The van der Waals surface area contributed by atoms with Gasteiger partial charge in [-0.1, -0.05) is 15.9 Å². The number of hydrogen-bond donors (Lipinski definition) is 1. The number of carbonyl (C=O) groups is 1. The third-order valence-corrected chi connectivity index (χ3v) is 2.60. The Hall–Kier alpha value is -0.420. The second-order valence-electron chi connectivity index (χ2n) is 2.42. The van der Waals surface area contributed by atoms with Crippen LogP contribution in [0.1, 0.15) is 10.4 Å². The summed E-state index contributed by atoms with van der Waals surface area (Å²) >= 11 is 6.05. The van der Waals surface area contributed by atoms with Crippen molar-refractivity contribution < 1.29 is 9.18 Å². The first kappa shape index (κ1) is 10.7. The fourth-order valence-corrected chi connectivity index (χ4v) is 1.88. The van der Waals surface area contributed by atoms with Crippen molar-refractivity contribution in [2.45, 2.75) is 0 Å². The molecule has 70 valence electrons. The molecule has 0 atom stereocenters. The number of Topliss-reactive ketones (excluding diaryl/α,β-unsaturated/α-hetero) is 1. The molecule has 1 rings (SSSR count). The highest BCUT2D eigenvalue weighted by atomic mass is 79.9. The fraction of sp³-hybridized carbons (Fsp3) is 0.125. The molecule has 0 aliphatic carbocycles. The zero-order valence-electron chi connectivity index (χ0n) is 6.48. The molecule has 13 heavy (non-hydrogen) atoms. The van der Waals surface area contributed by atoms with Crippen molar-refractivity contribution in [2.75, 3.05) is 11.1 Å². The van der Waals surface area contributed by atoms with E-state index in [9.17, 15) is 9.18 Å². The van der Waals surface area contributed by atoms with Gasteiger partial charge in [-0.15, -0.1) is 0 Å². The summed E-state index contributed by atoms with van der Waals surface area (Å²) in [6.45, 7) is 0. The molecule has 0 heterocycles. The smallest absolute Gasteiger partial charge is 0.177 e. The van der Waals surface area contributed by atoms with E-state index in [0.717, 1.165) is 6.07 Å². The molecule has 1 aromatic carbocycles. The van der Waals surface area contributed by atoms with Gasteiger partial charge in [-0.3, -0.25) is 4.79 Å². The third kappa shape index (κ3) is 2.28. The van der Waals surface area contributed by atoms with Crippen LogP contribution in [0.25, 0.3) is 0 Å². The zero-order chi connectivity index (χ0) is 10.0. The molecule has 2 nitrogen and oxygen atoms in total. The van der Waals surface area contributed by atoms with E-state index >= 15 is 0 Å². The highest BCUT2D eigenvalue weighted by Gasteiger charge is 2.14. The Kier molecular flexibility index (Phi) is 3.44. The van der Waals surface area contributed by atoms with E-state index in [1.54, 1.807) is 0 Å². The monoisotopic (exact) mass is 309 g/mol. The third-order valence-electron chi connectivity index (χ3n) is 1.46. The van der Waals surface area contributed by atoms with Crippen molar-refractivity contribution in [1.82, 2.24) is 0 Å². The number of nitrogens with two attached hydrogens (primary N) is 1. The predicted octanol–water partition coefficient (Wildman–Crippen LogP) is 2.75. The first-order valence-electron chi connectivity index (χ1n) is 3.40. The lowest BCUT2D eigenvalue weighted by molar-refractivity contribution is 0.101. The molecule has 0 amide bonds. The summed E-state index contributed by atoms with van der Waals surface area (Å²) in [5.74, 6) is -0.916. The van der Waals surface area contributed by atoms with Crippen LogP contribution in [0.15, 0.2) is 16.6 Å². The Labute approximate surface area is 91.6 Å². The molecule has 0 bridgehead atoms. The molecular weight excluding hydrogens is 305 g/mol. The number of halogens is 3. The van der Waals surface area contributed by atoms with Gasteiger partial charge in [0.05, 0.1) is 10.9 Å². The van der Waals surface area contributed by atoms with E-state index < -0.39 is 5.82 Å². The van der Waals surface area contributed by atoms with E-state index in [-0.39, 0.29) is 22.4 Å². The summed E-state index contributed by atoms with van der Waals surface area (Å²) in [6, 6.07) is 2.62. The normalized spacial score (nSPS) is 10.1. The van der Waals surface area contributed by atoms with Crippen LogP contribution in [-0.2, 0) is 0 Å². The summed E-state index contributed by atoms with van der Waals surface area (Å²) < 4.78 is 13.6. The second-order valence-corrected chi connectivity index (χ2v) is 3.83. The summed E-state index contributed by atoms with van der Waals surface area (Å²) in [6.07, 6.45) is 0. The number of rotatable bonds is 2. The molecule has 0 aliphatic heterocycles. The standard InChI is InChI=1S/C8H6Br2FNO/c9-3-7(13)8-5(10)1-4(12)2-6(8)11/h1-2H,3,12H2. The maximum atomic E-state index is 13.2. The lowest BCUT2D eigenvalue weighted by Crippen LogP contribution is -2.05. The van der Waals surface area contributed by atoms with Gasteiger partial charge in [0.2, 0.25) is 0 Å². The van der Waals surface area contributed by atoms with Crippen molar-refractivity contribution >= 4 is 43.3 Å². The molecule has 0 aromatic heterocycles. The predicted molar refractivity (Wildman–Crippen MR) is 56.6 cm³/mol. The molecule has 1 aromatic rings. The second kappa shape index (κ2) is 4.19. The van der Waals surface area contributed by atoms with Crippen LogP contribution in [0.4, 0.5) is 10.1 Å². The average Bonchev–Trinajstić information content (AvgIpc) is 2.02. The van der Waals surface area contributed by atoms with Crippen LogP contribution in [0.5, 0.6) is 0 Å². The summed E-state index contributed by atoms with van der Waals surface area (Å²) in [5, 5.41) is 0.0897. The van der Waals surface area contributed by atoms with Crippen LogP contribution >= 0.6 is 31.9 Å². The molecule has 0 saturated carbocycles. The Balaban J connectivity index is 3.28. The van der Waals surface area contributed by atoms with Crippen molar-refractivity contribution in [3.8, 4) is 0 Å². The van der Waals surface area contributed by atoms with E-state index in [1.165, 1.54) is 6.07 Å². The number of nitrogen functional groups attached to an aromatic ring is 1. The molecule has 2 N–H and O–H groups in total. The van der Waals surface area contributed by atoms with E-state index in [1.807, 2.05) is 0 Å². The lowest BCUT2D eigenvalue weighted by Gasteiger charge is -2.04. The van der Waals surface area contributed by atoms with Gasteiger partial charge in [0.1, 0.15) is 5.82 Å². The maximum absolute atomic E-state index is 13.2. The Morgan fingerprint density at radius 3 is 2.62 bits per heavy atom. The highest BCUT2D eigenvalue weighted by molar-refractivity contribution is 9.10. The number of anilines is 1. The molecule has 0 fully saturated rings. The lowest BCUT2D eigenvalue weighted by atomic mass is 10.1. The maximum Gasteiger partial charge on any atom is 0.177 e. The van der Waals surface area contributed by atoms with Gasteiger partial charge in [-0.05, 0) is 28.1 Å². The molecule has 5 heteroatoms. The number of hydrogen-bond acceptors (Lipinski definition) is 2. The molecule has 0 radical (unpaired) electrons. The number of carbonyl (C=O) groups excluding carboxylic acids is 1. The van der Waals surface area contributed by atoms with Crippen molar-refractivity contribution in [3.05, 3.63) is 28.0 Å². The van der Waals surface area contributed by atoms with Crippen molar-refractivity contribution in [1.29, 1.82) is 0 Å². The van der Waals surface area contributed by atoms with E-state index in [2.05, 4.69) is 31.9 Å². The van der Waals surface area contributed by atoms with Crippen LogP contribution < -0.4 is 5.73 Å². The summed E-state index contributed by atoms with van der Waals surface area (Å²) in [7, 11) is 0. The van der Waals surface area contributed by atoms with Crippen LogP contribution in [0.2, 0.25) is 0 Å². The number of ketones is 1. The molecular formula is C8H6Br2FNO. The SMILES string of the molecule is Nc1cc(F)c(C(=O)CBr)c(Br)c1. The average molecular weight is 311 g/mol. The van der Waals surface area contributed by atoms with Crippen molar-refractivity contribution in [2.24, 2.45) is 0 Å². The largest absolute Gasteiger partial charge is 0.399 e. The Morgan fingerprint density at radius 1 is 1.54 bits per heavy atom. The van der Waals surface area contributed by atoms with Crippen molar-refractivity contribution in [3.63, 3.8) is 0 Å². The summed E-state index contributed by atoms with van der Waals surface area (Å²) in [5.41, 5.74) is 5.70. The zero-order valence-corrected chi connectivity index (χ0v) is 9.65. The molecule has 0 spiro atoms. The van der Waals surface area contributed by atoms with Gasteiger partial charge in [0, 0.05) is 10.2 Å². The Bertz CT molecular complexity index is 331. The van der Waals surface area contributed by atoms with E-state index in [0.29, 0.717) is 4.47 Å². The van der Waals surface area contributed by atoms with Gasteiger partial charge < -0.3 is 5.73 Å². The first-order valence-corrected chi connectivity index (χ1v) is 5.31. The van der Waals surface area contributed by atoms with Gasteiger partial charge in [-0.2, -0.15) is 0 Å². The van der Waals surface area contributed by atoms with Gasteiger partial charge in [0.15, 0.2) is 5.78 Å². The Morgan fingerprint density at radius 2 is 2.15 bits per heavy atom. The van der Waals surface area contributed by atoms with E-state index in [4.69, 9.17) is 5.73 Å². The minimum absolute atomic E-state index is 0.0334. The van der Waals surface area contributed by atoms with Gasteiger partial charge in [-0.25, -0.2) is 4.39 Å². The number of benzene rings is 1. The van der Waals surface area contributed by atoms with Gasteiger partial charge in [0.25, 0.3) is 0 Å². The van der Waals surface area contributed by atoms with Crippen LogP contribution in [0.3, 0.4) is 0 Å². The highest BCUT2D eigenvalue weighted by Crippen LogP contribution is 2.24. The first-order chi connectivity index (χ1) is 6.06. The summed E-state index contributed by atoms with van der Waals surface area (Å²) in [4.78, 5) is 11.2. The quantitative estimate of drug-likeness (QED) is 0.518. The molecule has 0 unspecified atom stereocenters. The van der Waals surface area contributed by atoms with Crippen LogP contribution in [0, 0.1) is 5.82 Å². The van der Waals surface area contributed by atoms with Crippen LogP contribution in [-0.4, -0.2) is 11.1 Å². The topological polar surface area (TPSA) is 43.1 Å². The molecule has 0 aliphatic rings. The fourth-order valence-electron chi connectivity index (χ4n) is 0.926.